The number of guanidine groups is 1. The van der Waals surface area contributed by atoms with Crippen molar-refractivity contribution >= 4 is 29.9 Å². The van der Waals surface area contributed by atoms with Crippen LogP contribution in [-0.2, 0) is 6.54 Å². The van der Waals surface area contributed by atoms with Crippen LogP contribution in [0.1, 0.15) is 37.1 Å². The van der Waals surface area contributed by atoms with Crippen LogP contribution in [0, 0.1) is 25.6 Å². The SMILES string of the molecule is CCNC(=NCC1CCN(Cc2nc(C)c(C)o2)CC1)N(C)CCOc1ccccc1F.I. The van der Waals surface area contributed by atoms with Crippen LogP contribution in [0.4, 0.5) is 4.39 Å². The lowest BCUT2D eigenvalue weighted by Gasteiger charge is -2.30. The average Bonchev–Trinajstić information content (AvgIpc) is 3.10. The fraction of sp³-hybridized carbons (Fsp3) is 0.583. The zero-order valence-electron chi connectivity index (χ0n) is 20.1. The van der Waals surface area contributed by atoms with Crippen LogP contribution in [0.25, 0.3) is 0 Å². The molecule has 1 fully saturated rings. The van der Waals surface area contributed by atoms with Gasteiger partial charge in [-0.2, -0.15) is 0 Å². The van der Waals surface area contributed by atoms with E-state index in [1.54, 1.807) is 18.2 Å². The van der Waals surface area contributed by atoms with Crippen LogP contribution >= 0.6 is 24.0 Å². The maximum Gasteiger partial charge on any atom is 0.208 e. The minimum atomic E-state index is -0.338. The molecule has 0 aliphatic carbocycles. The van der Waals surface area contributed by atoms with Crippen molar-refractivity contribution in [2.45, 2.75) is 40.2 Å². The van der Waals surface area contributed by atoms with Crippen LogP contribution in [0.3, 0.4) is 0 Å². The number of nitrogens with one attached hydrogen (secondary N) is 1. The molecule has 0 atom stereocenters. The van der Waals surface area contributed by atoms with E-state index < -0.39 is 0 Å². The van der Waals surface area contributed by atoms with Crippen LogP contribution in [-0.4, -0.2) is 67.1 Å². The molecule has 184 valence electrons. The summed E-state index contributed by atoms with van der Waals surface area (Å²) in [6, 6.07) is 6.48. The Hall–Kier alpha value is -1.88. The van der Waals surface area contributed by atoms with Crippen LogP contribution in [0.2, 0.25) is 0 Å². The molecule has 1 aliphatic rings. The van der Waals surface area contributed by atoms with E-state index in [1.165, 1.54) is 6.07 Å². The molecule has 0 amide bonds. The lowest BCUT2D eigenvalue weighted by Crippen LogP contribution is -2.41. The summed E-state index contributed by atoms with van der Waals surface area (Å²) in [5.74, 6) is 3.09. The average molecular weight is 573 g/mol. The minimum absolute atomic E-state index is 0. The molecule has 9 heteroatoms. The number of hydrogen-bond donors (Lipinski definition) is 1. The van der Waals surface area contributed by atoms with Crippen molar-refractivity contribution in [3.63, 3.8) is 0 Å². The van der Waals surface area contributed by atoms with E-state index in [1.807, 2.05) is 25.8 Å². The molecular weight excluding hydrogens is 536 g/mol. The highest BCUT2D eigenvalue weighted by Crippen LogP contribution is 2.20. The molecule has 1 saturated heterocycles. The highest BCUT2D eigenvalue weighted by atomic mass is 127. The number of piperidine rings is 1. The van der Waals surface area contributed by atoms with E-state index in [4.69, 9.17) is 14.1 Å². The van der Waals surface area contributed by atoms with Gasteiger partial charge in [-0.1, -0.05) is 12.1 Å². The summed E-state index contributed by atoms with van der Waals surface area (Å²) in [6.07, 6.45) is 2.23. The van der Waals surface area contributed by atoms with Crippen molar-refractivity contribution in [1.29, 1.82) is 0 Å². The smallest absolute Gasteiger partial charge is 0.208 e. The third-order valence-electron chi connectivity index (χ3n) is 5.86. The van der Waals surface area contributed by atoms with Gasteiger partial charge in [-0.15, -0.1) is 24.0 Å². The van der Waals surface area contributed by atoms with Gasteiger partial charge in [-0.3, -0.25) is 9.89 Å². The molecule has 1 aromatic carbocycles. The van der Waals surface area contributed by atoms with Crippen molar-refractivity contribution in [3.05, 3.63) is 47.4 Å². The number of aryl methyl sites for hydroxylation is 2. The Morgan fingerprint density at radius 1 is 1.30 bits per heavy atom. The number of nitrogens with zero attached hydrogens (tertiary/aromatic N) is 4. The predicted molar refractivity (Wildman–Crippen MR) is 140 cm³/mol. The highest BCUT2D eigenvalue weighted by Gasteiger charge is 2.21. The van der Waals surface area contributed by atoms with Crippen molar-refractivity contribution < 1.29 is 13.5 Å². The van der Waals surface area contributed by atoms with E-state index in [9.17, 15) is 4.39 Å². The first-order valence-electron chi connectivity index (χ1n) is 11.5. The molecule has 0 spiro atoms. The van der Waals surface area contributed by atoms with E-state index in [0.29, 0.717) is 19.1 Å². The maximum absolute atomic E-state index is 13.7. The Morgan fingerprint density at radius 3 is 2.67 bits per heavy atom. The Bertz CT molecular complexity index is 864. The van der Waals surface area contributed by atoms with Gasteiger partial charge in [0.25, 0.3) is 0 Å². The maximum atomic E-state index is 13.7. The number of likely N-dealkylation sites (N-methyl/N-ethyl adjacent to an activating group) is 1. The van der Waals surface area contributed by atoms with E-state index in [2.05, 4.69) is 22.1 Å². The van der Waals surface area contributed by atoms with Crippen LogP contribution in [0.15, 0.2) is 33.7 Å². The van der Waals surface area contributed by atoms with Gasteiger partial charge in [0.15, 0.2) is 17.5 Å². The number of aromatic nitrogens is 1. The molecule has 1 N–H and O–H groups in total. The second kappa shape index (κ2) is 13.7. The van der Waals surface area contributed by atoms with Gasteiger partial charge in [0.1, 0.15) is 12.4 Å². The van der Waals surface area contributed by atoms with Gasteiger partial charge in [-0.05, 0) is 64.8 Å². The molecule has 2 heterocycles. The van der Waals surface area contributed by atoms with Crippen molar-refractivity contribution in [1.82, 2.24) is 20.1 Å². The topological polar surface area (TPSA) is 66.1 Å². The minimum Gasteiger partial charge on any atom is -0.489 e. The first kappa shape index (κ1) is 27.4. The zero-order valence-corrected chi connectivity index (χ0v) is 22.5. The van der Waals surface area contributed by atoms with E-state index in [0.717, 1.165) is 68.9 Å². The third-order valence-corrected chi connectivity index (χ3v) is 5.86. The number of rotatable bonds is 9. The quantitative estimate of drug-likeness (QED) is 0.275. The molecule has 2 aromatic rings. The molecule has 0 unspecified atom stereocenters. The number of likely N-dealkylation sites (tertiary alicyclic amines) is 1. The second-order valence-corrected chi connectivity index (χ2v) is 8.36. The summed E-state index contributed by atoms with van der Waals surface area (Å²) in [4.78, 5) is 13.8. The normalized spacial score (nSPS) is 15.2. The van der Waals surface area contributed by atoms with E-state index >= 15 is 0 Å². The number of oxazole rings is 1. The van der Waals surface area contributed by atoms with Crippen molar-refractivity contribution in [2.75, 3.05) is 46.4 Å². The molecular formula is C24H37FIN5O2. The Balaban J connectivity index is 0.00000385. The highest BCUT2D eigenvalue weighted by molar-refractivity contribution is 14.0. The summed E-state index contributed by atoms with van der Waals surface area (Å²) < 4.78 is 25.0. The number of ether oxygens (including phenoxy) is 1. The molecule has 3 rings (SSSR count). The zero-order chi connectivity index (χ0) is 22.9. The summed E-state index contributed by atoms with van der Waals surface area (Å²) in [5, 5.41) is 3.35. The summed E-state index contributed by atoms with van der Waals surface area (Å²) >= 11 is 0. The first-order valence-corrected chi connectivity index (χ1v) is 11.5. The largest absolute Gasteiger partial charge is 0.489 e. The molecule has 1 aliphatic heterocycles. The number of para-hydroxylation sites is 1. The third kappa shape index (κ3) is 8.44. The van der Waals surface area contributed by atoms with Gasteiger partial charge in [0.2, 0.25) is 5.89 Å². The Labute approximate surface area is 213 Å². The lowest BCUT2D eigenvalue weighted by molar-refractivity contribution is 0.166. The fourth-order valence-corrected chi connectivity index (χ4v) is 3.77. The number of aliphatic imine (C=N–C) groups is 1. The molecule has 0 saturated carbocycles. The van der Waals surface area contributed by atoms with Gasteiger partial charge in [0, 0.05) is 20.1 Å². The molecule has 7 nitrogen and oxygen atoms in total. The number of hydrogen-bond acceptors (Lipinski definition) is 5. The summed E-state index contributed by atoms with van der Waals surface area (Å²) in [6.45, 7) is 11.4. The molecule has 33 heavy (non-hydrogen) atoms. The predicted octanol–water partition coefficient (Wildman–Crippen LogP) is 4.24. The summed E-state index contributed by atoms with van der Waals surface area (Å²) in [5.41, 5.74) is 0.976. The monoisotopic (exact) mass is 573 g/mol. The Kier molecular flexibility index (Phi) is 11.4. The molecule has 0 bridgehead atoms. The molecule has 0 radical (unpaired) electrons. The van der Waals surface area contributed by atoms with Gasteiger partial charge < -0.3 is 19.4 Å². The number of halogens is 2. The first-order chi connectivity index (χ1) is 15.5. The van der Waals surface area contributed by atoms with Crippen molar-refractivity contribution in [3.8, 4) is 5.75 Å². The number of benzene rings is 1. The second-order valence-electron chi connectivity index (χ2n) is 8.36. The van der Waals surface area contributed by atoms with Crippen LogP contribution < -0.4 is 10.1 Å². The Morgan fingerprint density at radius 2 is 2.03 bits per heavy atom. The lowest BCUT2D eigenvalue weighted by atomic mass is 9.97. The fourth-order valence-electron chi connectivity index (χ4n) is 3.77. The standard InChI is InChI=1S/C24H36FN5O2.HI/c1-5-26-24(29(4)14-15-31-22-9-7-6-8-21(22)25)27-16-20-10-12-30(13-11-20)17-23-28-18(2)19(3)32-23;/h6-9,20H,5,10-17H2,1-4H3,(H,26,27);1H. The molecule has 1 aromatic heterocycles. The van der Waals surface area contributed by atoms with E-state index in [-0.39, 0.29) is 35.5 Å². The van der Waals surface area contributed by atoms with Gasteiger partial charge in [-0.25, -0.2) is 9.37 Å². The van der Waals surface area contributed by atoms with Crippen LogP contribution in [0.5, 0.6) is 5.75 Å². The summed E-state index contributed by atoms with van der Waals surface area (Å²) in [7, 11) is 1.98. The van der Waals surface area contributed by atoms with Gasteiger partial charge >= 0.3 is 0 Å². The van der Waals surface area contributed by atoms with Gasteiger partial charge in [0.05, 0.1) is 18.8 Å². The van der Waals surface area contributed by atoms with Crippen molar-refractivity contribution in [2.24, 2.45) is 10.9 Å².